The summed E-state index contributed by atoms with van der Waals surface area (Å²) in [5.41, 5.74) is 1.50. The number of anilines is 1. The number of alkyl halides is 3. The maximum absolute atomic E-state index is 12.8. The maximum Gasteiger partial charge on any atom is 0.433 e. The molecule has 3 heterocycles. The maximum atomic E-state index is 12.8. The summed E-state index contributed by atoms with van der Waals surface area (Å²) in [5.74, 6) is 0.183. The molecule has 0 saturated heterocycles. The van der Waals surface area contributed by atoms with E-state index in [9.17, 15) is 13.2 Å². The SMILES string of the molecule is Cc1nc(NCc2ccnc(-c3cnn(C)c3)c2)cc(C(F)(F)F)n1. The highest BCUT2D eigenvalue weighted by atomic mass is 19.4. The van der Waals surface area contributed by atoms with Crippen molar-refractivity contribution >= 4 is 5.82 Å². The van der Waals surface area contributed by atoms with E-state index in [1.165, 1.54) is 6.92 Å². The van der Waals surface area contributed by atoms with E-state index >= 15 is 0 Å². The van der Waals surface area contributed by atoms with Crippen molar-refractivity contribution in [3.05, 3.63) is 53.9 Å². The molecular weight excluding hydrogens is 333 g/mol. The first-order valence-electron chi connectivity index (χ1n) is 7.42. The van der Waals surface area contributed by atoms with E-state index in [4.69, 9.17) is 0 Å². The van der Waals surface area contributed by atoms with Gasteiger partial charge in [-0.25, -0.2) is 9.97 Å². The van der Waals surface area contributed by atoms with E-state index in [2.05, 4.69) is 25.4 Å². The summed E-state index contributed by atoms with van der Waals surface area (Å²) < 4.78 is 40.1. The topological polar surface area (TPSA) is 68.5 Å². The predicted octanol–water partition coefficient (Wildman–Crippen LogP) is 3.21. The van der Waals surface area contributed by atoms with Crippen molar-refractivity contribution in [3.63, 3.8) is 0 Å². The van der Waals surface area contributed by atoms with Crippen LogP contribution in [0.1, 0.15) is 17.1 Å². The van der Waals surface area contributed by atoms with Gasteiger partial charge >= 0.3 is 6.18 Å². The Morgan fingerprint density at radius 2 is 2.00 bits per heavy atom. The van der Waals surface area contributed by atoms with Gasteiger partial charge in [0.25, 0.3) is 0 Å². The number of rotatable bonds is 4. The molecule has 3 rings (SSSR count). The van der Waals surface area contributed by atoms with Crippen LogP contribution < -0.4 is 5.32 Å². The van der Waals surface area contributed by atoms with Gasteiger partial charge in [0.15, 0.2) is 0 Å². The quantitative estimate of drug-likeness (QED) is 0.784. The average Bonchev–Trinajstić information content (AvgIpc) is 2.98. The molecule has 0 bridgehead atoms. The first-order valence-corrected chi connectivity index (χ1v) is 7.42. The molecular formula is C16H15F3N6. The van der Waals surface area contributed by atoms with Crippen LogP contribution in [0.3, 0.4) is 0 Å². The molecule has 0 fully saturated rings. The predicted molar refractivity (Wildman–Crippen MR) is 85.5 cm³/mol. The van der Waals surface area contributed by atoms with Crippen LogP contribution in [-0.2, 0) is 19.8 Å². The van der Waals surface area contributed by atoms with Crippen molar-refractivity contribution in [1.29, 1.82) is 0 Å². The minimum Gasteiger partial charge on any atom is -0.366 e. The molecule has 0 aromatic carbocycles. The molecule has 0 aliphatic heterocycles. The fourth-order valence-electron chi connectivity index (χ4n) is 2.29. The lowest BCUT2D eigenvalue weighted by Crippen LogP contribution is -2.12. The summed E-state index contributed by atoms with van der Waals surface area (Å²) in [6.07, 6.45) is 0.672. The molecule has 0 amide bonds. The van der Waals surface area contributed by atoms with E-state index in [0.29, 0.717) is 6.54 Å². The monoisotopic (exact) mass is 348 g/mol. The lowest BCUT2D eigenvalue weighted by molar-refractivity contribution is -0.141. The van der Waals surface area contributed by atoms with Crippen molar-refractivity contribution in [2.45, 2.75) is 19.6 Å². The molecule has 130 valence electrons. The third-order valence-electron chi connectivity index (χ3n) is 3.43. The van der Waals surface area contributed by atoms with Crippen LogP contribution in [0.5, 0.6) is 0 Å². The van der Waals surface area contributed by atoms with Crippen LogP contribution in [0.2, 0.25) is 0 Å². The Bertz CT molecular complexity index is 888. The summed E-state index contributed by atoms with van der Waals surface area (Å²) in [4.78, 5) is 11.7. The van der Waals surface area contributed by atoms with Gasteiger partial charge in [-0.1, -0.05) is 0 Å². The highest BCUT2D eigenvalue weighted by Gasteiger charge is 2.33. The van der Waals surface area contributed by atoms with Gasteiger partial charge in [0.2, 0.25) is 0 Å². The second-order valence-corrected chi connectivity index (χ2v) is 5.49. The molecule has 9 heteroatoms. The fraction of sp³-hybridized carbons (Fsp3) is 0.250. The third-order valence-corrected chi connectivity index (χ3v) is 3.43. The highest BCUT2D eigenvalue weighted by Crippen LogP contribution is 2.29. The number of pyridine rings is 1. The van der Waals surface area contributed by atoms with Crippen molar-refractivity contribution in [2.24, 2.45) is 7.05 Å². The Balaban J connectivity index is 1.77. The van der Waals surface area contributed by atoms with Crippen molar-refractivity contribution < 1.29 is 13.2 Å². The summed E-state index contributed by atoms with van der Waals surface area (Å²) >= 11 is 0. The zero-order valence-electron chi connectivity index (χ0n) is 13.5. The standard InChI is InChI=1S/C16H15F3N6/c1-10-23-14(16(17,18)19)6-15(24-10)21-7-11-3-4-20-13(5-11)12-8-22-25(2)9-12/h3-6,8-9H,7H2,1-2H3,(H,21,23,24). The minimum absolute atomic E-state index is 0.0584. The largest absolute Gasteiger partial charge is 0.433 e. The smallest absolute Gasteiger partial charge is 0.366 e. The van der Waals surface area contributed by atoms with Gasteiger partial charge in [-0.15, -0.1) is 0 Å². The number of hydrogen-bond acceptors (Lipinski definition) is 5. The molecule has 0 spiro atoms. The Labute approximate surface area is 141 Å². The molecule has 0 radical (unpaired) electrons. The van der Waals surface area contributed by atoms with Crippen molar-refractivity contribution in [3.8, 4) is 11.3 Å². The second-order valence-electron chi connectivity index (χ2n) is 5.49. The summed E-state index contributed by atoms with van der Waals surface area (Å²) in [5, 5.41) is 6.99. The number of hydrogen-bond donors (Lipinski definition) is 1. The number of nitrogens with zero attached hydrogens (tertiary/aromatic N) is 5. The van der Waals surface area contributed by atoms with Crippen molar-refractivity contribution in [2.75, 3.05) is 5.32 Å². The van der Waals surface area contributed by atoms with Gasteiger partial charge in [-0.3, -0.25) is 9.67 Å². The van der Waals surface area contributed by atoms with Crippen LogP contribution in [0.25, 0.3) is 11.3 Å². The molecule has 0 atom stereocenters. The van der Waals surface area contributed by atoms with E-state index in [-0.39, 0.29) is 11.6 Å². The van der Waals surface area contributed by atoms with E-state index in [0.717, 1.165) is 22.9 Å². The van der Waals surface area contributed by atoms with Gasteiger partial charge in [-0.2, -0.15) is 18.3 Å². The normalized spacial score (nSPS) is 11.6. The molecule has 0 aliphatic rings. The molecule has 25 heavy (non-hydrogen) atoms. The number of halogens is 3. The molecule has 0 aliphatic carbocycles. The lowest BCUT2D eigenvalue weighted by Gasteiger charge is -2.11. The molecule has 0 unspecified atom stereocenters. The summed E-state index contributed by atoms with van der Waals surface area (Å²) in [7, 11) is 1.81. The third kappa shape index (κ3) is 4.11. The Hall–Kier alpha value is -2.97. The zero-order valence-corrected chi connectivity index (χ0v) is 13.5. The Kier molecular flexibility index (Phi) is 4.39. The molecule has 0 saturated carbocycles. The van der Waals surface area contributed by atoms with Gasteiger partial charge in [0.05, 0.1) is 11.9 Å². The van der Waals surface area contributed by atoms with E-state index < -0.39 is 11.9 Å². The van der Waals surface area contributed by atoms with E-state index in [1.54, 1.807) is 23.1 Å². The fourth-order valence-corrected chi connectivity index (χ4v) is 2.29. The molecule has 1 N–H and O–H groups in total. The number of nitrogens with one attached hydrogen (secondary N) is 1. The minimum atomic E-state index is -4.51. The average molecular weight is 348 g/mol. The molecule has 6 nitrogen and oxygen atoms in total. The second kappa shape index (κ2) is 6.50. The van der Waals surface area contributed by atoms with Gasteiger partial charge in [0, 0.05) is 37.6 Å². The zero-order chi connectivity index (χ0) is 18.0. The van der Waals surface area contributed by atoms with Crippen LogP contribution in [0.15, 0.2) is 36.8 Å². The Morgan fingerprint density at radius 1 is 1.20 bits per heavy atom. The summed E-state index contributed by atoms with van der Waals surface area (Å²) in [6, 6.07) is 4.53. The van der Waals surface area contributed by atoms with Gasteiger partial charge in [0.1, 0.15) is 17.3 Å². The van der Waals surface area contributed by atoms with Gasteiger partial charge in [-0.05, 0) is 24.6 Å². The van der Waals surface area contributed by atoms with E-state index in [1.807, 2.05) is 19.3 Å². The molecule has 3 aromatic heterocycles. The van der Waals surface area contributed by atoms with Gasteiger partial charge < -0.3 is 5.32 Å². The van der Waals surface area contributed by atoms with Crippen LogP contribution >= 0.6 is 0 Å². The highest BCUT2D eigenvalue weighted by molar-refractivity contribution is 5.57. The number of aryl methyl sites for hydroxylation is 2. The van der Waals surface area contributed by atoms with Crippen LogP contribution in [-0.4, -0.2) is 24.7 Å². The first-order chi connectivity index (χ1) is 11.8. The van der Waals surface area contributed by atoms with Crippen LogP contribution in [0.4, 0.5) is 19.0 Å². The van der Waals surface area contributed by atoms with Crippen molar-refractivity contribution in [1.82, 2.24) is 24.7 Å². The Morgan fingerprint density at radius 3 is 2.68 bits per heavy atom. The first kappa shape index (κ1) is 16.9. The number of aromatic nitrogens is 5. The lowest BCUT2D eigenvalue weighted by atomic mass is 10.1. The molecule has 3 aromatic rings. The van der Waals surface area contributed by atoms with Crippen LogP contribution in [0, 0.1) is 6.92 Å². The summed E-state index contributed by atoms with van der Waals surface area (Å²) in [6.45, 7) is 1.73.